The highest BCUT2D eigenvalue weighted by Gasteiger charge is 1.93. The van der Waals surface area contributed by atoms with Gasteiger partial charge in [-0.15, -0.1) is 0 Å². The molecule has 0 amide bonds. The molecule has 1 nitrogen and oxygen atoms in total. The summed E-state index contributed by atoms with van der Waals surface area (Å²) in [6.07, 6.45) is 0.339. The van der Waals surface area contributed by atoms with Gasteiger partial charge in [0.2, 0.25) is 0 Å². The lowest BCUT2D eigenvalue weighted by Gasteiger charge is -1.97. The van der Waals surface area contributed by atoms with Gasteiger partial charge in [0.05, 0.1) is 6.89 Å². The van der Waals surface area contributed by atoms with E-state index >= 15 is 0 Å². The van der Waals surface area contributed by atoms with Gasteiger partial charge in [0.25, 0.3) is 0 Å². The number of pyridine rings is 1. The molecule has 0 bridgehead atoms. The third kappa shape index (κ3) is 0.984. The topological polar surface area (TPSA) is 12.9 Å². The van der Waals surface area contributed by atoms with Crippen molar-refractivity contribution in [1.29, 1.82) is 0 Å². The molecule has 0 unspecified atom stereocenters. The van der Waals surface area contributed by atoms with Crippen molar-refractivity contribution in [3.63, 3.8) is 0 Å². The van der Waals surface area contributed by atoms with Crippen molar-refractivity contribution in [2.75, 3.05) is 0 Å². The fraction of sp³-hybridized carbons (Fsp3) is 0.100. The number of benzene rings is 1. The second kappa shape index (κ2) is 2.35. The molecule has 11 heavy (non-hydrogen) atoms. The number of fused-ring (bicyclic) bond motifs is 1. The minimum Gasteiger partial charge on any atom is -0.256 e. The fourth-order valence-electron chi connectivity index (χ4n) is 1.18. The fourth-order valence-corrected chi connectivity index (χ4v) is 1.18. The third-order valence-electron chi connectivity index (χ3n) is 1.79. The summed E-state index contributed by atoms with van der Waals surface area (Å²) in [5.41, 5.74) is 2.02. The highest BCUT2D eigenvalue weighted by molar-refractivity contribution is 5.81. The number of aryl methyl sites for hydroxylation is 1. The lowest BCUT2D eigenvalue weighted by molar-refractivity contribution is 1.37. The first-order chi connectivity index (χ1) is 5.77. The third-order valence-corrected chi connectivity index (χ3v) is 1.79. The van der Waals surface area contributed by atoms with E-state index in [0.717, 1.165) is 16.5 Å². The van der Waals surface area contributed by atoms with Crippen LogP contribution in [-0.4, -0.2) is 4.98 Å². The molecule has 0 saturated heterocycles. The smallest absolute Gasteiger partial charge is 0.0840 e. The standard InChI is InChI=1S/C10H9N/c1-8-6-7-11-10-5-3-2-4-9(8)10/h2-7H,1H3/i7D. The van der Waals surface area contributed by atoms with Crippen LogP contribution in [0.3, 0.4) is 0 Å². The van der Waals surface area contributed by atoms with Gasteiger partial charge in [-0.2, -0.15) is 0 Å². The molecule has 1 aromatic heterocycles. The highest BCUT2D eigenvalue weighted by Crippen LogP contribution is 2.13. The Hall–Kier alpha value is -1.37. The molecule has 0 N–H and O–H groups in total. The molecule has 1 heterocycles. The summed E-state index contributed by atoms with van der Waals surface area (Å²) in [7, 11) is 0. The Morgan fingerprint density at radius 1 is 1.27 bits per heavy atom. The number of rotatable bonds is 0. The van der Waals surface area contributed by atoms with E-state index in [1.807, 2.05) is 31.2 Å². The molecular formula is C10H9N. The monoisotopic (exact) mass is 144 g/mol. The zero-order chi connectivity index (χ0) is 8.55. The van der Waals surface area contributed by atoms with Gasteiger partial charge < -0.3 is 0 Å². The van der Waals surface area contributed by atoms with E-state index in [1.54, 1.807) is 6.07 Å². The minimum atomic E-state index is 0.339. The summed E-state index contributed by atoms with van der Waals surface area (Å²) in [6.45, 7) is 2.00. The molecule has 0 radical (unpaired) electrons. The molecule has 0 aliphatic carbocycles. The molecule has 0 fully saturated rings. The predicted octanol–water partition coefficient (Wildman–Crippen LogP) is 2.54. The van der Waals surface area contributed by atoms with Crippen LogP contribution in [0.2, 0.25) is 0 Å². The van der Waals surface area contributed by atoms with Crippen LogP contribution in [0.4, 0.5) is 0 Å². The Morgan fingerprint density at radius 3 is 3.00 bits per heavy atom. The van der Waals surface area contributed by atoms with Crippen LogP contribution in [-0.2, 0) is 0 Å². The van der Waals surface area contributed by atoms with Crippen molar-refractivity contribution in [2.45, 2.75) is 6.92 Å². The summed E-state index contributed by atoms with van der Waals surface area (Å²) in [5, 5.41) is 1.13. The summed E-state index contributed by atoms with van der Waals surface area (Å²) in [5.74, 6) is 0. The van der Waals surface area contributed by atoms with Crippen LogP contribution >= 0.6 is 0 Å². The molecule has 2 aromatic rings. The maximum Gasteiger partial charge on any atom is 0.0840 e. The molecule has 2 rings (SSSR count). The molecule has 0 atom stereocenters. The SMILES string of the molecule is [2H]c1cc(C)c2ccccc2n1. The van der Waals surface area contributed by atoms with Crippen molar-refractivity contribution in [3.8, 4) is 0 Å². The van der Waals surface area contributed by atoms with Gasteiger partial charge in [-0.1, -0.05) is 18.2 Å². The van der Waals surface area contributed by atoms with Crippen LogP contribution in [0.25, 0.3) is 10.9 Å². The number of hydrogen-bond acceptors (Lipinski definition) is 1. The maximum atomic E-state index is 7.41. The normalized spacial score (nSPS) is 11.5. The molecule has 0 aliphatic rings. The van der Waals surface area contributed by atoms with E-state index in [1.165, 1.54) is 0 Å². The molecule has 1 heteroatoms. The van der Waals surface area contributed by atoms with Crippen LogP contribution in [0.15, 0.2) is 36.5 Å². The quantitative estimate of drug-likeness (QED) is 0.553. The first-order valence-electron chi connectivity index (χ1n) is 4.10. The van der Waals surface area contributed by atoms with Crippen molar-refractivity contribution in [2.24, 2.45) is 0 Å². The number of hydrogen-bond donors (Lipinski definition) is 0. The van der Waals surface area contributed by atoms with E-state index in [-0.39, 0.29) is 0 Å². The van der Waals surface area contributed by atoms with Gasteiger partial charge in [0, 0.05) is 11.6 Å². The van der Waals surface area contributed by atoms with Gasteiger partial charge in [-0.25, -0.2) is 0 Å². The van der Waals surface area contributed by atoms with E-state index in [9.17, 15) is 0 Å². The van der Waals surface area contributed by atoms with Gasteiger partial charge in [0.1, 0.15) is 0 Å². The van der Waals surface area contributed by atoms with Crippen molar-refractivity contribution in [1.82, 2.24) is 4.98 Å². The molecule has 0 saturated carbocycles. The summed E-state index contributed by atoms with van der Waals surface area (Å²) in [4.78, 5) is 4.10. The molecule has 1 aromatic carbocycles. The summed E-state index contributed by atoms with van der Waals surface area (Å²) < 4.78 is 7.41. The highest BCUT2D eigenvalue weighted by atomic mass is 14.6. The Labute approximate surface area is 67.1 Å². The Bertz CT molecular complexity index is 423. The number of para-hydroxylation sites is 1. The minimum absolute atomic E-state index is 0.339. The van der Waals surface area contributed by atoms with Crippen LogP contribution < -0.4 is 0 Å². The second-order valence-corrected chi connectivity index (χ2v) is 2.59. The number of aromatic nitrogens is 1. The average Bonchev–Trinajstić information content (AvgIpc) is 2.04. The molecule has 0 aliphatic heterocycles. The van der Waals surface area contributed by atoms with Crippen molar-refractivity contribution >= 4 is 10.9 Å². The van der Waals surface area contributed by atoms with Gasteiger partial charge in [-0.05, 0) is 24.6 Å². The second-order valence-electron chi connectivity index (χ2n) is 2.59. The van der Waals surface area contributed by atoms with E-state index in [0.29, 0.717) is 6.17 Å². The Balaban J connectivity index is 2.89. The zero-order valence-corrected chi connectivity index (χ0v) is 6.33. The van der Waals surface area contributed by atoms with E-state index < -0.39 is 0 Å². The molecule has 0 spiro atoms. The molecular weight excluding hydrogens is 134 g/mol. The maximum absolute atomic E-state index is 7.41. The number of nitrogens with zero attached hydrogens (tertiary/aromatic N) is 1. The summed E-state index contributed by atoms with van der Waals surface area (Å²) in [6, 6.07) is 9.66. The largest absolute Gasteiger partial charge is 0.256 e. The first kappa shape index (κ1) is 5.30. The van der Waals surface area contributed by atoms with Crippen LogP contribution in [0.5, 0.6) is 0 Å². The Kier molecular flexibility index (Phi) is 1.13. The van der Waals surface area contributed by atoms with Crippen LogP contribution in [0, 0.1) is 6.92 Å². The summed E-state index contributed by atoms with van der Waals surface area (Å²) >= 11 is 0. The van der Waals surface area contributed by atoms with Gasteiger partial charge in [-0.3, -0.25) is 4.98 Å². The van der Waals surface area contributed by atoms with E-state index in [2.05, 4.69) is 4.98 Å². The van der Waals surface area contributed by atoms with Gasteiger partial charge >= 0.3 is 0 Å². The predicted molar refractivity (Wildman–Crippen MR) is 46.5 cm³/mol. The Morgan fingerprint density at radius 2 is 2.09 bits per heavy atom. The first-order valence-corrected chi connectivity index (χ1v) is 3.60. The van der Waals surface area contributed by atoms with Gasteiger partial charge in [0.15, 0.2) is 0 Å². The van der Waals surface area contributed by atoms with E-state index in [4.69, 9.17) is 1.37 Å². The lowest BCUT2D eigenvalue weighted by Crippen LogP contribution is -1.79. The van der Waals surface area contributed by atoms with Crippen molar-refractivity contribution in [3.05, 3.63) is 42.1 Å². The molecule has 54 valence electrons. The lowest BCUT2D eigenvalue weighted by atomic mass is 10.1. The average molecular weight is 144 g/mol. The van der Waals surface area contributed by atoms with Crippen LogP contribution in [0.1, 0.15) is 6.93 Å². The zero-order valence-electron chi connectivity index (χ0n) is 7.33. The van der Waals surface area contributed by atoms with Crippen molar-refractivity contribution < 1.29 is 1.37 Å².